The number of rotatable bonds is 3. The van der Waals surface area contributed by atoms with E-state index >= 15 is 0 Å². The summed E-state index contributed by atoms with van der Waals surface area (Å²) in [4.78, 5) is 31.4. The predicted octanol–water partition coefficient (Wildman–Crippen LogP) is 2.03. The van der Waals surface area contributed by atoms with Crippen LogP contribution in [0.15, 0.2) is 30.6 Å². The van der Waals surface area contributed by atoms with Crippen LogP contribution < -0.4 is 5.73 Å². The minimum Gasteiger partial charge on any atom is -0.465 e. The van der Waals surface area contributed by atoms with Gasteiger partial charge in [0, 0.05) is 48.4 Å². The molecule has 0 radical (unpaired) electrons. The van der Waals surface area contributed by atoms with E-state index < -0.39 is 12.0 Å². The number of aromatic amines is 1. The highest BCUT2D eigenvalue weighted by Crippen LogP contribution is 2.32. The zero-order valence-corrected chi connectivity index (χ0v) is 12.5. The first-order valence-electron chi connectivity index (χ1n) is 7.47. The van der Waals surface area contributed by atoms with E-state index in [1.807, 2.05) is 12.1 Å². The second-order valence-electron chi connectivity index (χ2n) is 5.65. The zero-order chi connectivity index (χ0) is 16.4. The first-order valence-corrected chi connectivity index (χ1v) is 7.47. The number of nitrogens with zero attached hydrogens (tertiary/aromatic N) is 2. The van der Waals surface area contributed by atoms with E-state index in [4.69, 9.17) is 10.8 Å². The summed E-state index contributed by atoms with van der Waals surface area (Å²) in [5.74, 6) is -0.374. The number of primary amides is 1. The van der Waals surface area contributed by atoms with Crippen LogP contribution in [0.3, 0.4) is 0 Å². The maximum Gasteiger partial charge on any atom is 0.407 e. The van der Waals surface area contributed by atoms with Crippen LogP contribution in [0.2, 0.25) is 0 Å². The fraction of sp³-hybridized carbons (Fsp3) is 0.312. The van der Waals surface area contributed by atoms with Gasteiger partial charge in [-0.2, -0.15) is 0 Å². The Bertz CT molecular complexity index is 718. The fourth-order valence-electron chi connectivity index (χ4n) is 3.04. The Kier molecular flexibility index (Phi) is 4.01. The second-order valence-corrected chi connectivity index (χ2v) is 5.65. The lowest BCUT2D eigenvalue weighted by molar-refractivity contribution is 0.0996. The van der Waals surface area contributed by atoms with Gasteiger partial charge in [-0.3, -0.25) is 9.78 Å². The standard InChI is InChI=1S/C16H18N4O3/c17-15(21)12-9-13(10-1-5-18-6-2-10)19-14(12)11-3-7-20(8-4-11)16(22)23/h1-2,5-6,9,11,19H,3-4,7-8H2,(H2,17,21)(H,22,23). The van der Waals surface area contributed by atoms with Crippen molar-refractivity contribution in [1.29, 1.82) is 0 Å². The zero-order valence-electron chi connectivity index (χ0n) is 12.5. The van der Waals surface area contributed by atoms with Gasteiger partial charge in [-0.15, -0.1) is 0 Å². The first-order chi connectivity index (χ1) is 11.1. The van der Waals surface area contributed by atoms with Gasteiger partial charge in [0.2, 0.25) is 0 Å². The van der Waals surface area contributed by atoms with Crippen LogP contribution in [0.5, 0.6) is 0 Å². The molecule has 3 heterocycles. The summed E-state index contributed by atoms with van der Waals surface area (Å²) in [5, 5.41) is 9.03. The lowest BCUT2D eigenvalue weighted by atomic mass is 9.91. The summed E-state index contributed by atoms with van der Waals surface area (Å²) in [7, 11) is 0. The molecule has 120 valence electrons. The molecule has 2 aromatic rings. The minimum atomic E-state index is -0.900. The highest BCUT2D eigenvalue weighted by molar-refractivity contribution is 5.95. The van der Waals surface area contributed by atoms with Gasteiger partial charge in [-0.05, 0) is 31.0 Å². The molecule has 2 aromatic heterocycles. The Labute approximate surface area is 133 Å². The van der Waals surface area contributed by atoms with Crippen molar-refractivity contribution >= 4 is 12.0 Å². The molecule has 3 rings (SSSR count). The quantitative estimate of drug-likeness (QED) is 0.804. The second kappa shape index (κ2) is 6.12. The Hall–Kier alpha value is -2.83. The van der Waals surface area contributed by atoms with Gasteiger partial charge in [0.1, 0.15) is 0 Å². The molecule has 1 aliphatic rings. The van der Waals surface area contributed by atoms with Crippen LogP contribution in [0.1, 0.15) is 34.8 Å². The summed E-state index contributed by atoms with van der Waals surface area (Å²) in [6, 6.07) is 5.47. The Morgan fingerprint density at radius 1 is 1.26 bits per heavy atom. The van der Waals surface area contributed by atoms with E-state index in [1.165, 1.54) is 4.90 Å². The molecule has 7 nitrogen and oxygen atoms in total. The average Bonchev–Trinajstić information content (AvgIpc) is 3.01. The molecular weight excluding hydrogens is 296 g/mol. The summed E-state index contributed by atoms with van der Waals surface area (Å²) in [5.41, 5.74) is 8.53. The largest absolute Gasteiger partial charge is 0.465 e. The number of nitrogens with one attached hydrogen (secondary N) is 1. The molecule has 0 bridgehead atoms. The van der Waals surface area contributed by atoms with Crippen molar-refractivity contribution in [1.82, 2.24) is 14.9 Å². The van der Waals surface area contributed by atoms with E-state index in [1.54, 1.807) is 18.5 Å². The Balaban J connectivity index is 1.88. The molecule has 0 atom stereocenters. The number of likely N-dealkylation sites (tertiary alicyclic amines) is 1. The maximum atomic E-state index is 11.8. The minimum absolute atomic E-state index is 0.101. The number of pyridine rings is 1. The van der Waals surface area contributed by atoms with Crippen LogP contribution in [0.25, 0.3) is 11.3 Å². The van der Waals surface area contributed by atoms with Crippen molar-refractivity contribution in [2.45, 2.75) is 18.8 Å². The summed E-state index contributed by atoms with van der Waals surface area (Å²) < 4.78 is 0. The van der Waals surface area contributed by atoms with Crippen molar-refractivity contribution in [3.05, 3.63) is 41.9 Å². The normalized spacial score (nSPS) is 15.6. The number of nitrogens with two attached hydrogens (primary N) is 1. The summed E-state index contributed by atoms with van der Waals surface area (Å²) in [6.45, 7) is 0.920. The van der Waals surface area contributed by atoms with Crippen LogP contribution >= 0.6 is 0 Å². The van der Waals surface area contributed by atoms with Crippen LogP contribution in [-0.2, 0) is 0 Å². The number of H-pyrrole nitrogens is 1. The number of hydrogen-bond donors (Lipinski definition) is 3. The van der Waals surface area contributed by atoms with Crippen molar-refractivity contribution in [3.63, 3.8) is 0 Å². The number of carbonyl (C=O) groups is 2. The van der Waals surface area contributed by atoms with Crippen molar-refractivity contribution in [2.24, 2.45) is 5.73 Å². The molecule has 0 aliphatic carbocycles. The third-order valence-corrected chi connectivity index (χ3v) is 4.28. The monoisotopic (exact) mass is 314 g/mol. The third-order valence-electron chi connectivity index (χ3n) is 4.28. The smallest absolute Gasteiger partial charge is 0.407 e. The molecule has 0 aromatic carbocycles. The molecule has 0 unspecified atom stereocenters. The van der Waals surface area contributed by atoms with Gasteiger partial charge in [0.05, 0.1) is 5.56 Å². The van der Waals surface area contributed by atoms with E-state index in [2.05, 4.69) is 9.97 Å². The van der Waals surface area contributed by atoms with E-state index in [0.717, 1.165) is 17.0 Å². The van der Waals surface area contributed by atoms with Crippen LogP contribution in [-0.4, -0.2) is 45.1 Å². The molecule has 0 spiro atoms. The van der Waals surface area contributed by atoms with E-state index in [9.17, 15) is 9.59 Å². The highest BCUT2D eigenvalue weighted by atomic mass is 16.4. The highest BCUT2D eigenvalue weighted by Gasteiger charge is 2.27. The van der Waals surface area contributed by atoms with Crippen LogP contribution in [0.4, 0.5) is 4.79 Å². The molecular formula is C16H18N4O3. The Morgan fingerprint density at radius 3 is 2.48 bits per heavy atom. The number of aromatic nitrogens is 2. The molecule has 1 aliphatic heterocycles. The van der Waals surface area contributed by atoms with Crippen LogP contribution in [0, 0.1) is 0 Å². The number of carbonyl (C=O) groups excluding carboxylic acids is 1. The SMILES string of the molecule is NC(=O)c1cc(-c2ccncc2)[nH]c1C1CCN(C(=O)O)CC1. The number of hydrogen-bond acceptors (Lipinski definition) is 3. The summed E-state index contributed by atoms with van der Waals surface area (Å²) >= 11 is 0. The van der Waals surface area contributed by atoms with Crippen molar-refractivity contribution < 1.29 is 14.7 Å². The van der Waals surface area contributed by atoms with Gasteiger partial charge in [-0.25, -0.2) is 4.79 Å². The maximum absolute atomic E-state index is 11.8. The molecule has 4 N–H and O–H groups in total. The van der Waals surface area contributed by atoms with Gasteiger partial charge in [0.15, 0.2) is 0 Å². The van der Waals surface area contributed by atoms with Gasteiger partial charge in [-0.1, -0.05) is 0 Å². The molecule has 1 fully saturated rings. The average molecular weight is 314 g/mol. The van der Waals surface area contributed by atoms with Gasteiger partial charge >= 0.3 is 6.09 Å². The fourth-order valence-corrected chi connectivity index (χ4v) is 3.04. The number of amides is 2. The third kappa shape index (κ3) is 3.03. The molecule has 0 saturated carbocycles. The lowest BCUT2D eigenvalue weighted by Crippen LogP contribution is -2.37. The molecule has 7 heteroatoms. The molecule has 2 amide bonds. The Morgan fingerprint density at radius 2 is 1.91 bits per heavy atom. The van der Waals surface area contributed by atoms with E-state index in [0.29, 0.717) is 31.5 Å². The lowest BCUT2D eigenvalue weighted by Gasteiger charge is -2.29. The predicted molar refractivity (Wildman–Crippen MR) is 84.1 cm³/mol. The van der Waals surface area contributed by atoms with Crippen molar-refractivity contribution in [3.8, 4) is 11.3 Å². The number of carboxylic acid groups (broad SMARTS) is 1. The van der Waals surface area contributed by atoms with Crippen molar-refractivity contribution in [2.75, 3.05) is 13.1 Å². The topological polar surface area (TPSA) is 112 Å². The summed E-state index contributed by atoms with van der Waals surface area (Å²) in [6.07, 6.45) is 3.81. The number of piperidine rings is 1. The first kappa shape index (κ1) is 15.1. The van der Waals surface area contributed by atoms with Gasteiger partial charge in [0.25, 0.3) is 5.91 Å². The molecule has 23 heavy (non-hydrogen) atoms. The van der Waals surface area contributed by atoms with E-state index in [-0.39, 0.29) is 5.92 Å². The van der Waals surface area contributed by atoms with Gasteiger partial charge < -0.3 is 20.7 Å². The molecule has 1 saturated heterocycles.